The van der Waals surface area contributed by atoms with Crippen LogP contribution in [0.15, 0.2) is 22.7 Å². The summed E-state index contributed by atoms with van der Waals surface area (Å²) < 4.78 is 1.03. The first-order valence-electron chi connectivity index (χ1n) is 6.85. The topological polar surface area (TPSA) is 15.3 Å². The van der Waals surface area contributed by atoms with Gasteiger partial charge in [0.15, 0.2) is 0 Å². The van der Waals surface area contributed by atoms with E-state index in [2.05, 4.69) is 59.3 Å². The summed E-state index contributed by atoms with van der Waals surface area (Å²) in [6, 6.07) is 6.63. The molecule has 0 spiro atoms. The van der Waals surface area contributed by atoms with E-state index in [1.165, 1.54) is 5.56 Å². The van der Waals surface area contributed by atoms with Crippen molar-refractivity contribution in [3.8, 4) is 0 Å². The van der Waals surface area contributed by atoms with E-state index in [1.54, 1.807) is 0 Å². The molecule has 0 saturated heterocycles. The van der Waals surface area contributed by atoms with Crippen LogP contribution in [0.2, 0.25) is 5.02 Å². The maximum atomic E-state index is 6.30. The van der Waals surface area contributed by atoms with Crippen LogP contribution >= 0.6 is 27.5 Å². The van der Waals surface area contributed by atoms with Crippen molar-refractivity contribution in [3.05, 3.63) is 33.3 Å². The van der Waals surface area contributed by atoms with Crippen molar-refractivity contribution in [2.75, 3.05) is 27.2 Å². The number of benzene rings is 1. The van der Waals surface area contributed by atoms with Gasteiger partial charge in [0.25, 0.3) is 0 Å². The number of hydrogen-bond acceptors (Lipinski definition) is 2. The van der Waals surface area contributed by atoms with Gasteiger partial charge in [0.05, 0.1) is 0 Å². The highest BCUT2D eigenvalue weighted by molar-refractivity contribution is 9.10. The highest BCUT2D eigenvalue weighted by Crippen LogP contribution is 2.23. The van der Waals surface area contributed by atoms with Gasteiger partial charge in [0.2, 0.25) is 0 Å². The predicted molar refractivity (Wildman–Crippen MR) is 88.1 cm³/mol. The fraction of sp³-hybridized carbons (Fsp3) is 0.600. The molecule has 1 aromatic rings. The van der Waals surface area contributed by atoms with E-state index in [0.29, 0.717) is 6.04 Å². The molecule has 1 aromatic carbocycles. The maximum Gasteiger partial charge on any atom is 0.0449 e. The second-order valence-corrected chi connectivity index (χ2v) is 6.51. The molecule has 1 atom stereocenters. The second kappa shape index (κ2) is 8.96. The van der Waals surface area contributed by atoms with Gasteiger partial charge >= 0.3 is 0 Å². The highest BCUT2D eigenvalue weighted by atomic mass is 79.9. The van der Waals surface area contributed by atoms with Crippen LogP contribution in [0, 0.1) is 0 Å². The third-order valence-electron chi connectivity index (χ3n) is 3.09. The van der Waals surface area contributed by atoms with Gasteiger partial charge in [-0.15, -0.1) is 0 Å². The van der Waals surface area contributed by atoms with Crippen LogP contribution in [0.25, 0.3) is 0 Å². The summed E-state index contributed by atoms with van der Waals surface area (Å²) in [6.45, 7) is 4.35. The second-order valence-electron chi connectivity index (χ2n) is 5.18. The molecular formula is C15H24BrClN2. The highest BCUT2D eigenvalue weighted by Gasteiger charge is 2.11. The minimum Gasteiger partial charge on any atom is -0.314 e. The van der Waals surface area contributed by atoms with Crippen molar-refractivity contribution in [2.45, 2.75) is 32.2 Å². The van der Waals surface area contributed by atoms with E-state index in [-0.39, 0.29) is 0 Å². The summed E-state index contributed by atoms with van der Waals surface area (Å²) >= 11 is 9.75. The number of halogens is 2. The standard InChI is InChI=1S/C15H24BrClN2/c1-4-8-18-14(7-9-19(2)3)10-12-5-6-13(16)11-15(12)17/h5-6,11,14,18H,4,7-10H2,1-3H3. The van der Waals surface area contributed by atoms with Gasteiger partial charge in [-0.3, -0.25) is 0 Å². The summed E-state index contributed by atoms with van der Waals surface area (Å²) in [5, 5.41) is 4.47. The molecule has 0 saturated carbocycles. The van der Waals surface area contributed by atoms with Crippen LogP contribution in [0.3, 0.4) is 0 Å². The van der Waals surface area contributed by atoms with Crippen molar-refractivity contribution in [1.82, 2.24) is 10.2 Å². The minimum atomic E-state index is 0.487. The van der Waals surface area contributed by atoms with E-state index >= 15 is 0 Å². The van der Waals surface area contributed by atoms with Crippen LogP contribution in [0.1, 0.15) is 25.3 Å². The third-order valence-corrected chi connectivity index (χ3v) is 3.93. The Labute approximate surface area is 130 Å². The SMILES string of the molecule is CCCNC(CCN(C)C)Cc1ccc(Br)cc1Cl. The Morgan fingerprint density at radius 3 is 2.68 bits per heavy atom. The van der Waals surface area contributed by atoms with Gasteiger partial charge in [0.1, 0.15) is 0 Å². The lowest BCUT2D eigenvalue weighted by molar-refractivity contribution is 0.356. The van der Waals surface area contributed by atoms with Gasteiger partial charge in [0, 0.05) is 15.5 Å². The summed E-state index contributed by atoms with van der Waals surface area (Å²) in [4.78, 5) is 2.23. The average Bonchev–Trinajstić information content (AvgIpc) is 2.35. The van der Waals surface area contributed by atoms with Crippen molar-refractivity contribution in [3.63, 3.8) is 0 Å². The Kier molecular flexibility index (Phi) is 8.00. The zero-order chi connectivity index (χ0) is 14.3. The summed E-state index contributed by atoms with van der Waals surface area (Å²) in [7, 11) is 4.23. The van der Waals surface area contributed by atoms with Crippen LogP contribution in [0.5, 0.6) is 0 Å². The zero-order valence-corrected chi connectivity index (χ0v) is 14.4. The minimum absolute atomic E-state index is 0.487. The predicted octanol–water partition coefficient (Wildman–Crippen LogP) is 3.96. The summed E-state index contributed by atoms with van der Waals surface area (Å²) in [5.74, 6) is 0. The third kappa shape index (κ3) is 6.75. The number of rotatable bonds is 8. The van der Waals surface area contributed by atoms with E-state index in [1.807, 2.05) is 6.07 Å². The lowest BCUT2D eigenvalue weighted by Gasteiger charge is -2.21. The molecule has 0 fully saturated rings. The molecule has 0 aliphatic carbocycles. The largest absolute Gasteiger partial charge is 0.314 e. The Morgan fingerprint density at radius 2 is 2.11 bits per heavy atom. The number of hydrogen-bond donors (Lipinski definition) is 1. The molecule has 1 N–H and O–H groups in total. The lowest BCUT2D eigenvalue weighted by atomic mass is 10.0. The fourth-order valence-corrected chi connectivity index (χ4v) is 2.74. The molecule has 0 heterocycles. The van der Waals surface area contributed by atoms with Gasteiger partial charge in [-0.1, -0.05) is 40.5 Å². The van der Waals surface area contributed by atoms with Gasteiger partial charge in [-0.05, 0) is 64.1 Å². The molecular weight excluding hydrogens is 324 g/mol. The van der Waals surface area contributed by atoms with Crippen molar-refractivity contribution in [2.24, 2.45) is 0 Å². The molecule has 0 bridgehead atoms. The van der Waals surface area contributed by atoms with Crippen LogP contribution < -0.4 is 5.32 Å². The molecule has 0 aliphatic heterocycles. The summed E-state index contributed by atoms with van der Waals surface area (Å²) in [5.41, 5.74) is 1.22. The van der Waals surface area contributed by atoms with E-state index in [9.17, 15) is 0 Å². The molecule has 4 heteroatoms. The molecule has 2 nitrogen and oxygen atoms in total. The van der Waals surface area contributed by atoms with Crippen molar-refractivity contribution < 1.29 is 0 Å². The molecule has 19 heavy (non-hydrogen) atoms. The molecule has 1 rings (SSSR count). The molecule has 1 unspecified atom stereocenters. The molecule has 0 radical (unpaired) electrons. The Hall–Kier alpha value is -0.0900. The molecule has 108 valence electrons. The van der Waals surface area contributed by atoms with Gasteiger partial charge < -0.3 is 10.2 Å². The quantitative estimate of drug-likeness (QED) is 0.765. The first kappa shape index (κ1) is 17.0. The lowest BCUT2D eigenvalue weighted by Crippen LogP contribution is -2.34. The van der Waals surface area contributed by atoms with Gasteiger partial charge in [-0.25, -0.2) is 0 Å². The Balaban J connectivity index is 2.63. The van der Waals surface area contributed by atoms with Crippen LogP contribution in [-0.4, -0.2) is 38.1 Å². The zero-order valence-electron chi connectivity index (χ0n) is 12.0. The smallest absolute Gasteiger partial charge is 0.0449 e. The Bertz CT molecular complexity index is 382. The van der Waals surface area contributed by atoms with Crippen molar-refractivity contribution in [1.29, 1.82) is 0 Å². The number of nitrogens with zero attached hydrogens (tertiary/aromatic N) is 1. The van der Waals surface area contributed by atoms with Crippen LogP contribution in [-0.2, 0) is 6.42 Å². The monoisotopic (exact) mass is 346 g/mol. The van der Waals surface area contributed by atoms with Crippen molar-refractivity contribution >= 4 is 27.5 Å². The van der Waals surface area contributed by atoms with E-state index in [4.69, 9.17) is 11.6 Å². The van der Waals surface area contributed by atoms with Gasteiger partial charge in [-0.2, -0.15) is 0 Å². The molecule has 0 aromatic heterocycles. The van der Waals surface area contributed by atoms with E-state index < -0.39 is 0 Å². The normalized spacial score (nSPS) is 12.9. The fourth-order valence-electron chi connectivity index (χ4n) is 1.99. The van der Waals surface area contributed by atoms with E-state index in [0.717, 1.165) is 41.8 Å². The van der Waals surface area contributed by atoms with Crippen LogP contribution in [0.4, 0.5) is 0 Å². The first-order chi connectivity index (χ1) is 9.02. The molecule has 0 amide bonds. The maximum absolute atomic E-state index is 6.30. The first-order valence-corrected chi connectivity index (χ1v) is 8.02. The number of nitrogens with one attached hydrogen (secondary N) is 1. The molecule has 0 aliphatic rings. The Morgan fingerprint density at radius 1 is 1.37 bits per heavy atom. The average molecular weight is 348 g/mol. The summed E-state index contributed by atoms with van der Waals surface area (Å²) in [6.07, 6.45) is 3.28.